The second-order valence-corrected chi connectivity index (χ2v) is 4.51. The summed E-state index contributed by atoms with van der Waals surface area (Å²) in [4.78, 5) is 24.6. The van der Waals surface area contributed by atoms with Crippen LogP contribution >= 0.6 is 0 Å². The second-order valence-electron chi connectivity index (χ2n) is 4.51. The number of Topliss-reactive ketones (excluding diaryl/α,β-unsaturated/α-hetero) is 1. The van der Waals surface area contributed by atoms with Gasteiger partial charge in [0.25, 0.3) is 0 Å². The van der Waals surface area contributed by atoms with Crippen molar-refractivity contribution in [2.24, 2.45) is 0 Å². The summed E-state index contributed by atoms with van der Waals surface area (Å²) in [5, 5.41) is 2.63. The SMILES string of the molecule is CNC(=O)CCN1CCCCC1CC(C)=O. The molecule has 1 heterocycles. The van der Waals surface area contributed by atoms with Crippen molar-refractivity contribution in [3.63, 3.8) is 0 Å². The molecule has 0 aliphatic carbocycles. The Hall–Kier alpha value is -0.900. The maximum atomic E-state index is 11.2. The Kier molecular flexibility index (Phi) is 5.46. The predicted octanol–water partition coefficient (Wildman–Crippen LogP) is 0.956. The average molecular weight is 226 g/mol. The van der Waals surface area contributed by atoms with Gasteiger partial charge in [-0.2, -0.15) is 0 Å². The van der Waals surface area contributed by atoms with E-state index in [1.807, 2.05) is 0 Å². The van der Waals surface area contributed by atoms with Crippen LogP contribution in [0.2, 0.25) is 0 Å². The van der Waals surface area contributed by atoms with Crippen LogP contribution in [0.25, 0.3) is 0 Å². The van der Waals surface area contributed by atoms with Crippen LogP contribution in [0.3, 0.4) is 0 Å². The minimum absolute atomic E-state index is 0.0761. The summed E-state index contributed by atoms with van der Waals surface area (Å²) >= 11 is 0. The van der Waals surface area contributed by atoms with Crippen molar-refractivity contribution >= 4 is 11.7 Å². The van der Waals surface area contributed by atoms with Crippen molar-refractivity contribution in [2.75, 3.05) is 20.1 Å². The van der Waals surface area contributed by atoms with Gasteiger partial charge >= 0.3 is 0 Å². The molecular weight excluding hydrogens is 204 g/mol. The van der Waals surface area contributed by atoms with E-state index >= 15 is 0 Å². The lowest BCUT2D eigenvalue weighted by atomic mass is 9.97. The third-order valence-electron chi connectivity index (χ3n) is 3.18. The number of rotatable bonds is 5. The summed E-state index contributed by atoms with van der Waals surface area (Å²) in [6.45, 7) is 3.44. The summed E-state index contributed by atoms with van der Waals surface area (Å²) in [5.41, 5.74) is 0. The average Bonchev–Trinajstić information content (AvgIpc) is 2.26. The highest BCUT2D eigenvalue weighted by Gasteiger charge is 2.23. The molecule has 0 spiro atoms. The normalized spacial score (nSPS) is 21.8. The Bertz CT molecular complexity index is 253. The van der Waals surface area contributed by atoms with Crippen LogP contribution in [0.4, 0.5) is 0 Å². The molecule has 92 valence electrons. The first-order valence-corrected chi connectivity index (χ1v) is 6.07. The van der Waals surface area contributed by atoms with Gasteiger partial charge in [0, 0.05) is 32.5 Å². The Morgan fingerprint density at radius 3 is 2.75 bits per heavy atom. The zero-order valence-corrected chi connectivity index (χ0v) is 10.3. The highest BCUT2D eigenvalue weighted by atomic mass is 16.1. The van der Waals surface area contributed by atoms with Crippen LogP contribution in [0.5, 0.6) is 0 Å². The highest BCUT2D eigenvalue weighted by Crippen LogP contribution is 2.19. The molecule has 1 aliphatic rings. The van der Waals surface area contributed by atoms with Crippen LogP contribution in [0.1, 0.15) is 39.0 Å². The van der Waals surface area contributed by atoms with Crippen LogP contribution < -0.4 is 5.32 Å². The van der Waals surface area contributed by atoms with Gasteiger partial charge in [-0.1, -0.05) is 6.42 Å². The molecule has 1 atom stereocenters. The lowest BCUT2D eigenvalue weighted by Crippen LogP contribution is -2.42. The van der Waals surface area contributed by atoms with E-state index in [1.54, 1.807) is 14.0 Å². The van der Waals surface area contributed by atoms with Crippen molar-refractivity contribution in [2.45, 2.75) is 45.1 Å². The number of nitrogens with one attached hydrogen (secondary N) is 1. The summed E-state index contributed by atoms with van der Waals surface area (Å²) in [6.07, 6.45) is 4.64. The molecule has 0 saturated carbocycles. The molecule has 0 aromatic heterocycles. The Morgan fingerprint density at radius 1 is 1.38 bits per heavy atom. The van der Waals surface area contributed by atoms with Gasteiger partial charge in [-0.05, 0) is 26.3 Å². The smallest absolute Gasteiger partial charge is 0.221 e. The topological polar surface area (TPSA) is 49.4 Å². The quantitative estimate of drug-likeness (QED) is 0.759. The first-order valence-electron chi connectivity index (χ1n) is 6.07. The molecule has 0 aromatic rings. The van der Waals surface area contributed by atoms with Crippen molar-refractivity contribution in [3.05, 3.63) is 0 Å². The number of carbonyl (C=O) groups excluding carboxylic acids is 2. The zero-order valence-electron chi connectivity index (χ0n) is 10.3. The van der Waals surface area contributed by atoms with Crippen molar-refractivity contribution < 1.29 is 9.59 Å². The van der Waals surface area contributed by atoms with Gasteiger partial charge in [0.05, 0.1) is 0 Å². The van der Waals surface area contributed by atoms with Crippen LogP contribution in [-0.2, 0) is 9.59 Å². The number of ketones is 1. The highest BCUT2D eigenvalue weighted by molar-refractivity contribution is 5.76. The molecular formula is C12H22N2O2. The maximum absolute atomic E-state index is 11.2. The van der Waals surface area contributed by atoms with Gasteiger partial charge in [-0.3, -0.25) is 14.5 Å². The molecule has 16 heavy (non-hydrogen) atoms. The van der Waals surface area contributed by atoms with E-state index in [4.69, 9.17) is 0 Å². The van der Waals surface area contributed by atoms with Crippen LogP contribution in [-0.4, -0.2) is 42.8 Å². The fourth-order valence-electron chi connectivity index (χ4n) is 2.29. The lowest BCUT2D eigenvalue weighted by Gasteiger charge is -2.35. The maximum Gasteiger partial charge on any atom is 0.221 e. The predicted molar refractivity (Wildman–Crippen MR) is 63.2 cm³/mol. The van der Waals surface area contributed by atoms with E-state index in [0.717, 1.165) is 19.5 Å². The molecule has 1 amide bonds. The number of hydrogen-bond donors (Lipinski definition) is 1. The van der Waals surface area contributed by atoms with E-state index in [1.165, 1.54) is 12.8 Å². The van der Waals surface area contributed by atoms with E-state index in [-0.39, 0.29) is 11.7 Å². The van der Waals surface area contributed by atoms with Gasteiger partial charge in [-0.25, -0.2) is 0 Å². The first-order chi connectivity index (χ1) is 7.63. The molecule has 0 bridgehead atoms. The Labute approximate surface area is 97.4 Å². The zero-order chi connectivity index (χ0) is 12.0. The molecule has 0 aromatic carbocycles. The number of piperidine rings is 1. The van der Waals surface area contributed by atoms with Crippen molar-refractivity contribution in [1.29, 1.82) is 0 Å². The molecule has 1 aliphatic heterocycles. The molecule has 1 N–H and O–H groups in total. The molecule has 1 fully saturated rings. The fraction of sp³-hybridized carbons (Fsp3) is 0.833. The second kappa shape index (κ2) is 6.63. The standard InChI is InChI=1S/C12H22N2O2/c1-10(15)9-11-5-3-4-7-14(11)8-6-12(16)13-2/h11H,3-9H2,1-2H3,(H,13,16). The van der Waals surface area contributed by atoms with E-state index in [9.17, 15) is 9.59 Å². The van der Waals surface area contributed by atoms with E-state index in [2.05, 4.69) is 10.2 Å². The minimum atomic E-state index is 0.0761. The Morgan fingerprint density at radius 2 is 2.12 bits per heavy atom. The molecule has 0 radical (unpaired) electrons. The van der Waals surface area contributed by atoms with Gasteiger partial charge in [-0.15, -0.1) is 0 Å². The summed E-state index contributed by atoms with van der Waals surface area (Å²) in [6, 6.07) is 0.357. The minimum Gasteiger partial charge on any atom is -0.359 e. The summed E-state index contributed by atoms with van der Waals surface area (Å²) in [5.74, 6) is 0.323. The number of likely N-dealkylation sites (tertiary alicyclic amines) is 1. The van der Waals surface area contributed by atoms with Gasteiger partial charge in [0.2, 0.25) is 5.91 Å². The Balaban J connectivity index is 2.40. The third-order valence-corrected chi connectivity index (χ3v) is 3.18. The monoisotopic (exact) mass is 226 g/mol. The molecule has 1 rings (SSSR count). The molecule has 1 saturated heterocycles. The first kappa shape index (κ1) is 13.2. The number of carbonyl (C=O) groups is 2. The van der Waals surface area contributed by atoms with Gasteiger partial charge < -0.3 is 5.32 Å². The van der Waals surface area contributed by atoms with Crippen molar-refractivity contribution in [3.8, 4) is 0 Å². The molecule has 4 heteroatoms. The van der Waals surface area contributed by atoms with E-state index < -0.39 is 0 Å². The lowest BCUT2D eigenvalue weighted by molar-refractivity contribution is -0.121. The number of hydrogen-bond acceptors (Lipinski definition) is 3. The number of amides is 1. The largest absolute Gasteiger partial charge is 0.359 e. The van der Waals surface area contributed by atoms with Crippen LogP contribution in [0.15, 0.2) is 0 Å². The van der Waals surface area contributed by atoms with Gasteiger partial charge in [0.15, 0.2) is 0 Å². The fourth-order valence-corrected chi connectivity index (χ4v) is 2.29. The molecule has 1 unspecified atom stereocenters. The van der Waals surface area contributed by atoms with Crippen LogP contribution in [0, 0.1) is 0 Å². The third kappa shape index (κ3) is 4.31. The molecule has 4 nitrogen and oxygen atoms in total. The summed E-state index contributed by atoms with van der Waals surface area (Å²) < 4.78 is 0. The summed E-state index contributed by atoms with van der Waals surface area (Å²) in [7, 11) is 1.66. The van der Waals surface area contributed by atoms with E-state index in [0.29, 0.717) is 18.9 Å². The number of nitrogens with zero attached hydrogens (tertiary/aromatic N) is 1. The van der Waals surface area contributed by atoms with Gasteiger partial charge in [0.1, 0.15) is 5.78 Å². The van der Waals surface area contributed by atoms with Crippen molar-refractivity contribution in [1.82, 2.24) is 10.2 Å².